The molecule has 22 heavy (non-hydrogen) atoms. The molecule has 1 aromatic carbocycles. The van der Waals surface area contributed by atoms with Crippen molar-refractivity contribution in [3.8, 4) is 17.0 Å². The molecule has 0 fully saturated rings. The molecule has 0 N–H and O–H groups in total. The van der Waals surface area contributed by atoms with Crippen molar-refractivity contribution in [3.05, 3.63) is 66.2 Å². The molecule has 0 atom stereocenters. The van der Waals surface area contributed by atoms with E-state index in [-0.39, 0.29) is 0 Å². The Morgan fingerprint density at radius 1 is 1.05 bits per heavy atom. The summed E-state index contributed by atoms with van der Waals surface area (Å²) in [4.78, 5) is 4.20. The van der Waals surface area contributed by atoms with Gasteiger partial charge >= 0.3 is 0 Å². The molecule has 3 aromatic rings. The van der Waals surface area contributed by atoms with Gasteiger partial charge in [0.1, 0.15) is 18.1 Å². The lowest BCUT2D eigenvalue weighted by Gasteiger charge is -2.00. The molecule has 3 rings (SSSR count). The fourth-order valence-corrected chi connectivity index (χ4v) is 2.02. The van der Waals surface area contributed by atoms with E-state index in [0.29, 0.717) is 19.0 Å². The lowest BCUT2D eigenvalue weighted by Crippen LogP contribution is -1.94. The van der Waals surface area contributed by atoms with Crippen LogP contribution < -0.4 is 4.74 Å². The minimum absolute atomic E-state index is 0.361. The van der Waals surface area contributed by atoms with Crippen molar-refractivity contribution in [1.82, 2.24) is 10.1 Å². The van der Waals surface area contributed by atoms with Crippen molar-refractivity contribution in [2.75, 3.05) is 7.11 Å². The van der Waals surface area contributed by atoms with Gasteiger partial charge in [-0.25, -0.2) is 0 Å². The maximum atomic E-state index is 5.58. The number of pyridine rings is 1. The van der Waals surface area contributed by atoms with Gasteiger partial charge in [0.15, 0.2) is 5.76 Å². The quantitative estimate of drug-likeness (QED) is 0.697. The normalized spacial score (nSPS) is 10.6. The van der Waals surface area contributed by atoms with Crippen molar-refractivity contribution < 1.29 is 14.0 Å². The fourth-order valence-electron chi connectivity index (χ4n) is 2.02. The average molecular weight is 296 g/mol. The van der Waals surface area contributed by atoms with Crippen LogP contribution in [0.5, 0.6) is 5.75 Å². The summed E-state index contributed by atoms with van der Waals surface area (Å²) >= 11 is 0. The van der Waals surface area contributed by atoms with Crippen LogP contribution in [0.3, 0.4) is 0 Å². The maximum absolute atomic E-state index is 5.58. The van der Waals surface area contributed by atoms with Crippen LogP contribution in [0.15, 0.2) is 59.3 Å². The molecule has 2 heterocycles. The highest BCUT2D eigenvalue weighted by molar-refractivity contribution is 5.59. The average Bonchev–Trinajstić information content (AvgIpc) is 3.05. The summed E-state index contributed by atoms with van der Waals surface area (Å²) in [6, 6.07) is 15.3. The second-order valence-electron chi connectivity index (χ2n) is 4.72. The first-order valence-corrected chi connectivity index (χ1v) is 6.93. The van der Waals surface area contributed by atoms with Crippen LogP contribution in [0, 0.1) is 0 Å². The van der Waals surface area contributed by atoms with Crippen LogP contribution in [0.1, 0.15) is 11.5 Å². The van der Waals surface area contributed by atoms with Gasteiger partial charge in [0.2, 0.25) is 0 Å². The Balaban J connectivity index is 1.58. The molecule has 0 aliphatic rings. The Labute approximate surface area is 128 Å². The second-order valence-corrected chi connectivity index (χ2v) is 4.72. The van der Waals surface area contributed by atoms with Crippen LogP contribution in [0.2, 0.25) is 0 Å². The van der Waals surface area contributed by atoms with E-state index >= 15 is 0 Å². The highest BCUT2D eigenvalue weighted by atomic mass is 16.5. The summed E-state index contributed by atoms with van der Waals surface area (Å²) in [5.74, 6) is 1.49. The predicted molar refractivity (Wildman–Crippen MR) is 81.2 cm³/mol. The molecule has 0 bridgehead atoms. The third kappa shape index (κ3) is 3.51. The summed E-state index contributed by atoms with van der Waals surface area (Å²) in [5.41, 5.74) is 2.64. The molecule has 0 saturated carbocycles. The van der Waals surface area contributed by atoms with Crippen molar-refractivity contribution in [2.24, 2.45) is 0 Å². The molecule has 0 saturated heterocycles. The van der Waals surface area contributed by atoms with Gasteiger partial charge in [-0.2, -0.15) is 0 Å². The maximum Gasteiger partial charge on any atom is 0.163 e. The Hall–Kier alpha value is -2.66. The van der Waals surface area contributed by atoms with E-state index < -0.39 is 0 Å². The number of aromatic nitrogens is 2. The molecule has 5 heteroatoms. The third-order valence-corrected chi connectivity index (χ3v) is 3.17. The topological polar surface area (TPSA) is 57.4 Å². The Morgan fingerprint density at radius 3 is 2.64 bits per heavy atom. The van der Waals surface area contributed by atoms with Gasteiger partial charge in [0.05, 0.1) is 19.4 Å². The Kier molecular flexibility index (Phi) is 4.46. The van der Waals surface area contributed by atoms with Gasteiger partial charge < -0.3 is 14.0 Å². The van der Waals surface area contributed by atoms with E-state index in [2.05, 4.69) is 10.1 Å². The van der Waals surface area contributed by atoms with Crippen molar-refractivity contribution in [2.45, 2.75) is 13.2 Å². The molecule has 0 radical (unpaired) electrons. The Bertz CT molecular complexity index is 708. The van der Waals surface area contributed by atoms with E-state index in [1.165, 1.54) is 0 Å². The lowest BCUT2D eigenvalue weighted by molar-refractivity contribution is 0.0862. The van der Waals surface area contributed by atoms with E-state index in [9.17, 15) is 0 Å². The third-order valence-electron chi connectivity index (χ3n) is 3.17. The van der Waals surface area contributed by atoms with Gasteiger partial charge in [-0.1, -0.05) is 11.2 Å². The smallest absolute Gasteiger partial charge is 0.163 e. The van der Waals surface area contributed by atoms with Gasteiger partial charge in [0, 0.05) is 17.8 Å². The fraction of sp³-hybridized carbons (Fsp3) is 0.176. The molecule has 0 aliphatic heterocycles. The zero-order chi connectivity index (χ0) is 15.2. The number of ether oxygens (including phenoxy) is 2. The van der Waals surface area contributed by atoms with Gasteiger partial charge in [-0.15, -0.1) is 0 Å². The van der Waals surface area contributed by atoms with Gasteiger partial charge in [-0.3, -0.25) is 4.98 Å². The van der Waals surface area contributed by atoms with Crippen LogP contribution in [-0.2, 0) is 18.0 Å². The summed E-state index contributed by atoms with van der Waals surface area (Å²) in [7, 11) is 1.64. The number of methoxy groups -OCH3 is 1. The van der Waals surface area contributed by atoms with Crippen LogP contribution in [-0.4, -0.2) is 17.3 Å². The van der Waals surface area contributed by atoms with Gasteiger partial charge in [0.25, 0.3) is 0 Å². The monoisotopic (exact) mass is 296 g/mol. The van der Waals surface area contributed by atoms with Crippen molar-refractivity contribution in [1.29, 1.82) is 0 Å². The number of benzene rings is 1. The zero-order valence-electron chi connectivity index (χ0n) is 12.2. The SMILES string of the molecule is COc1ccc(-c2cc(COCc3ccccn3)on2)cc1. The highest BCUT2D eigenvalue weighted by Gasteiger charge is 2.07. The lowest BCUT2D eigenvalue weighted by atomic mass is 10.1. The molecule has 0 spiro atoms. The number of hydrogen-bond donors (Lipinski definition) is 0. The molecular formula is C17H16N2O3. The Morgan fingerprint density at radius 2 is 1.91 bits per heavy atom. The van der Waals surface area contributed by atoms with Crippen LogP contribution in [0.4, 0.5) is 0 Å². The number of nitrogens with zero attached hydrogens (tertiary/aromatic N) is 2. The van der Waals surface area contributed by atoms with E-state index in [1.54, 1.807) is 13.3 Å². The second kappa shape index (κ2) is 6.87. The van der Waals surface area contributed by atoms with Crippen molar-refractivity contribution >= 4 is 0 Å². The molecule has 0 unspecified atom stereocenters. The molecular weight excluding hydrogens is 280 g/mol. The van der Waals surface area contributed by atoms with Crippen LogP contribution in [0.25, 0.3) is 11.3 Å². The van der Waals surface area contributed by atoms with Gasteiger partial charge in [-0.05, 0) is 36.4 Å². The summed E-state index contributed by atoms with van der Waals surface area (Å²) in [5, 5.41) is 4.06. The number of hydrogen-bond acceptors (Lipinski definition) is 5. The molecule has 112 valence electrons. The predicted octanol–water partition coefficient (Wildman–Crippen LogP) is 3.46. The first-order valence-electron chi connectivity index (χ1n) is 6.93. The number of rotatable bonds is 6. The minimum Gasteiger partial charge on any atom is -0.497 e. The standard InChI is InChI=1S/C17H16N2O3/c1-20-15-7-5-13(6-8-15)17-10-16(22-19-17)12-21-11-14-4-2-3-9-18-14/h2-10H,11-12H2,1H3. The first kappa shape index (κ1) is 14.3. The molecule has 0 amide bonds. The molecule has 5 nitrogen and oxygen atoms in total. The summed E-state index contributed by atoms with van der Waals surface area (Å²) < 4.78 is 16.0. The first-order chi connectivity index (χ1) is 10.8. The summed E-state index contributed by atoms with van der Waals surface area (Å²) in [6.07, 6.45) is 1.74. The van der Waals surface area contributed by atoms with E-state index in [4.69, 9.17) is 14.0 Å². The van der Waals surface area contributed by atoms with Crippen LogP contribution >= 0.6 is 0 Å². The van der Waals surface area contributed by atoms with E-state index in [0.717, 1.165) is 22.7 Å². The minimum atomic E-state index is 0.361. The molecule has 2 aromatic heterocycles. The van der Waals surface area contributed by atoms with E-state index in [1.807, 2.05) is 48.5 Å². The zero-order valence-corrected chi connectivity index (χ0v) is 12.2. The highest BCUT2D eigenvalue weighted by Crippen LogP contribution is 2.22. The molecule has 0 aliphatic carbocycles. The summed E-state index contributed by atoms with van der Waals surface area (Å²) in [6.45, 7) is 0.805. The van der Waals surface area contributed by atoms with Crippen molar-refractivity contribution in [3.63, 3.8) is 0 Å². The largest absolute Gasteiger partial charge is 0.497 e.